The lowest BCUT2D eigenvalue weighted by Gasteiger charge is -2.31. The van der Waals surface area contributed by atoms with Gasteiger partial charge >= 0.3 is 5.97 Å². The Hall–Kier alpha value is -1.49. The van der Waals surface area contributed by atoms with Crippen LogP contribution < -0.4 is 5.32 Å². The molecular formula is C16H19F2NO2. The highest BCUT2D eigenvalue weighted by Crippen LogP contribution is 2.49. The molecule has 0 heterocycles. The molecule has 2 aliphatic rings. The largest absolute Gasteiger partial charge is 0.481 e. The summed E-state index contributed by atoms with van der Waals surface area (Å²) in [6.45, 7) is 1.79. The Balaban J connectivity index is 1.77. The molecule has 1 aromatic carbocycles. The minimum Gasteiger partial charge on any atom is -0.481 e. The number of benzene rings is 1. The maximum atomic E-state index is 13.8. The summed E-state index contributed by atoms with van der Waals surface area (Å²) in [6.07, 6.45) is 2.94. The van der Waals surface area contributed by atoms with Crippen LogP contribution in [0, 0.1) is 29.4 Å². The molecule has 0 aromatic heterocycles. The zero-order valence-electron chi connectivity index (χ0n) is 11.9. The number of rotatable bonds is 4. The number of nitrogens with one attached hydrogen (secondary N) is 1. The molecule has 0 spiro atoms. The maximum Gasteiger partial charge on any atom is 0.308 e. The molecule has 0 amide bonds. The lowest BCUT2D eigenvalue weighted by atomic mass is 9.84. The molecule has 0 aliphatic heterocycles. The molecule has 2 fully saturated rings. The fraction of sp³-hybridized carbons (Fsp3) is 0.562. The highest BCUT2D eigenvalue weighted by Gasteiger charge is 2.51. The Kier molecular flexibility index (Phi) is 3.69. The third-order valence-electron chi connectivity index (χ3n) is 5.07. The summed E-state index contributed by atoms with van der Waals surface area (Å²) < 4.78 is 26.8. The topological polar surface area (TPSA) is 49.3 Å². The molecule has 5 unspecified atom stereocenters. The number of halogens is 2. The molecule has 0 radical (unpaired) electrons. The normalized spacial score (nSPS) is 32.3. The van der Waals surface area contributed by atoms with Crippen molar-refractivity contribution in [1.82, 2.24) is 5.32 Å². The summed E-state index contributed by atoms with van der Waals surface area (Å²) in [6, 6.07) is 3.05. The van der Waals surface area contributed by atoms with E-state index < -0.39 is 23.5 Å². The van der Waals surface area contributed by atoms with Crippen LogP contribution in [0.15, 0.2) is 18.2 Å². The van der Waals surface area contributed by atoms with Crippen LogP contribution in [0.4, 0.5) is 8.78 Å². The molecule has 3 rings (SSSR count). The first kappa shape index (κ1) is 14.4. The van der Waals surface area contributed by atoms with E-state index in [1.165, 1.54) is 12.1 Å². The second kappa shape index (κ2) is 5.37. The molecule has 3 nitrogen and oxygen atoms in total. The molecular weight excluding hydrogens is 276 g/mol. The van der Waals surface area contributed by atoms with Crippen molar-refractivity contribution in [2.24, 2.45) is 17.8 Å². The second-order valence-corrected chi connectivity index (χ2v) is 6.28. The van der Waals surface area contributed by atoms with Crippen molar-refractivity contribution < 1.29 is 18.7 Å². The average Bonchev–Trinajstić information content (AvgIpc) is 2.98. The molecule has 114 valence electrons. The van der Waals surface area contributed by atoms with E-state index in [1.54, 1.807) is 6.92 Å². The van der Waals surface area contributed by atoms with Crippen LogP contribution in [-0.2, 0) is 4.79 Å². The molecule has 1 aromatic rings. The summed E-state index contributed by atoms with van der Waals surface area (Å²) in [5.74, 6) is -1.78. The van der Waals surface area contributed by atoms with E-state index in [0.29, 0.717) is 11.5 Å². The third kappa shape index (κ3) is 2.55. The highest BCUT2D eigenvalue weighted by atomic mass is 19.1. The van der Waals surface area contributed by atoms with Gasteiger partial charge in [0.05, 0.1) is 5.92 Å². The van der Waals surface area contributed by atoms with Crippen LogP contribution in [-0.4, -0.2) is 17.1 Å². The van der Waals surface area contributed by atoms with Crippen LogP contribution >= 0.6 is 0 Å². The summed E-state index contributed by atoms with van der Waals surface area (Å²) in [5.41, 5.74) is 0.378. The van der Waals surface area contributed by atoms with E-state index in [0.717, 1.165) is 25.3 Å². The maximum absolute atomic E-state index is 13.8. The number of carbonyl (C=O) groups is 1. The summed E-state index contributed by atoms with van der Waals surface area (Å²) in [7, 11) is 0. The van der Waals surface area contributed by atoms with Crippen LogP contribution in [0.5, 0.6) is 0 Å². The van der Waals surface area contributed by atoms with Gasteiger partial charge in [-0.25, -0.2) is 8.78 Å². The van der Waals surface area contributed by atoms with E-state index in [1.807, 2.05) is 0 Å². The molecule has 0 saturated heterocycles. The Morgan fingerprint density at radius 3 is 2.71 bits per heavy atom. The van der Waals surface area contributed by atoms with E-state index >= 15 is 0 Å². The van der Waals surface area contributed by atoms with Crippen molar-refractivity contribution in [3.8, 4) is 0 Å². The lowest BCUT2D eigenvalue weighted by molar-refractivity contribution is -0.144. The minimum atomic E-state index is -0.772. The predicted molar refractivity (Wildman–Crippen MR) is 73.7 cm³/mol. The molecule has 2 N–H and O–H groups in total. The van der Waals surface area contributed by atoms with Crippen LogP contribution in [0.1, 0.15) is 37.8 Å². The minimum absolute atomic E-state index is 0.124. The van der Waals surface area contributed by atoms with Gasteiger partial charge in [0.1, 0.15) is 11.6 Å². The number of hydrogen-bond acceptors (Lipinski definition) is 2. The van der Waals surface area contributed by atoms with Crippen molar-refractivity contribution in [1.29, 1.82) is 0 Å². The van der Waals surface area contributed by atoms with Crippen molar-refractivity contribution in [2.75, 3.05) is 0 Å². The van der Waals surface area contributed by atoms with Crippen LogP contribution in [0.2, 0.25) is 0 Å². The van der Waals surface area contributed by atoms with Crippen molar-refractivity contribution in [3.05, 3.63) is 35.4 Å². The van der Waals surface area contributed by atoms with Crippen molar-refractivity contribution in [3.63, 3.8) is 0 Å². The summed E-state index contributed by atoms with van der Waals surface area (Å²) >= 11 is 0. The monoisotopic (exact) mass is 295 g/mol. The Bertz CT molecular complexity index is 563. The van der Waals surface area contributed by atoms with Gasteiger partial charge in [0.2, 0.25) is 0 Å². The molecule has 2 bridgehead atoms. The first-order valence-electron chi connectivity index (χ1n) is 7.41. The Labute approximate surface area is 122 Å². The van der Waals surface area contributed by atoms with Gasteiger partial charge in [0.25, 0.3) is 0 Å². The van der Waals surface area contributed by atoms with Gasteiger partial charge in [-0.1, -0.05) is 6.07 Å². The highest BCUT2D eigenvalue weighted by molar-refractivity contribution is 5.72. The number of aliphatic carboxylic acids is 1. The second-order valence-electron chi connectivity index (χ2n) is 6.28. The molecule has 2 saturated carbocycles. The zero-order chi connectivity index (χ0) is 15.1. The van der Waals surface area contributed by atoms with E-state index in [-0.39, 0.29) is 18.0 Å². The lowest BCUT2D eigenvalue weighted by Crippen LogP contribution is -2.45. The van der Waals surface area contributed by atoms with Gasteiger partial charge in [-0.3, -0.25) is 4.79 Å². The Morgan fingerprint density at radius 1 is 1.33 bits per heavy atom. The fourth-order valence-electron chi connectivity index (χ4n) is 4.12. The summed E-state index contributed by atoms with van der Waals surface area (Å²) in [5, 5.41) is 12.7. The average molecular weight is 295 g/mol. The van der Waals surface area contributed by atoms with Crippen LogP contribution in [0.25, 0.3) is 0 Å². The van der Waals surface area contributed by atoms with Gasteiger partial charge in [0, 0.05) is 23.7 Å². The predicted octanol–water partition coefficient (Wildman–Crippen LogP) is 3.11. The SMILES string of the molecule is CC(NC1C2CCC(C2)C1C(=O)O)c1ccc(F)cc1F. The molecule has 2 aliphatic carbocycles. The number of carboxylic acid groups (broad SMARTS) is 1. The van der Waals surface area contributed by atoms with Crippen LogP contribution in [0.3, 0.4) is 0 Å². The fourth-order valence-corrected chi connectivity index (χ4v) is 4.12. The van der Waals surface area contributed by atoms with Crippen molar-refractivity contribution in [2.45, 2.75) is 38.3 Å². The molecule has 5 atom stereocenters. The van der Waals surface area contributed by atoms with E-state index in [2.05, 4.69) is 5.32 Å². The quantitative estimate of drug-likeness (QED) is 0.897. The molecule has 5 heteroatoms. The summed E-state index contributed by atoms with van der Waals surface area (Å²) in [4.78, 5) is 11.5. The standard InChI is InChI=1S/C16H19F2NO2/c1-8(12-5-4-11(17)7-13(12)18)19-15-10-3-2-9(6-10)14(15)16(20)21/h4-5,7-10,14-15,19H,2-3,6H2,1H3,(H,20,21). The van der Waals surface area contributed by atoms with Gasteiger partial charge in [-0.05, 0) is 44.1 Å². The number of fused-ring (bicyclic) bond motifs is 2. The third-order valence-corrected chi connectivity index (χ3v) is 5.07. The van der Waals surface area contributed by atoms with Gasteiger partial charge < -0.3 is 10.4 Å². The van der Waals surface area contributed by atoms with Gasteiger partial charge in [-0.2, -0.15) is 0 Å². The van der Waals surface area contributed by atoms with Gasteiger partial charge in [0.15, 0.2) is 0 Å². The number of carboxylic acids is 1. The smallest absolute Gasteiger partial charge is 0.308 e. The zero-order valence-corrected chi connectivity index (χ0v) is 11.9. The Morgan fingerprint density at radius 2 is 2.05 bits per heavy atom. The van der Waals surface area contributed by atoms with Crippen molar-refractivity contribution >= 4 is 5.97 Å². The van der Waals surface area contributed by atoms with E-state index in [9.17, 15) is 18.7 Å². The number of hydrogen-bond donors (Lipinski definition) is 2. The van der Waals surface area contributed by atoms with Gasteiger partial charge in [-0.15, -0.1) is 0 Å². The van der Waals surface area contributed by atoms with E-state index in [4.69, 9.17) is 0 Å². The first-order chi connectivity index (χ1) is 9.97. The first-order valence-corrected chi connectivity index (χ1v) is 7.41. The molecule has 21 heavy (non-hydrogen) atoms.